The topological polar surface area (TPSA) is 0 Å². The average molecular weight is 325 g/mol. The molecule has 0 fully saturated rings. The van der Waals surface area contributed by atoms with E-state index in [2.05, 4.69) is 72.1 Å². The Hall–Kier alpha value is -1.12. The smallest absolute Gasteiger partial charge is 0.0196 e. The molecule has 0 aliphatic carbocycles. The van der Waals surface area contributed by atoms with Crippen LogP contribution in [0.2, 0.25) is 0 Å². The van der Waals surface area contributed by atoms with E-state index in [1.807, 2.05) is 0 Å². The number of fused-ring (bicyclic) bond motifs is 3. The van der Waals surface area contributed by atoms with Crippen molar-refractivity contribution in [3.8, 4) is 0 Å². The Bertz CT molecular complexity index is 682. The Morgan fingerprint density at radius 3 is 1.27 bits per heavy atom. The number of benzene rings is 3. The van der Waals surface area contributed by atoms with E-state index in [0.29, 0.717) is 0 Å². The van der Waals surface area contributed by atoms with E-state index in [1.165, 1.54) is 57.0 Å². The van der Waals surface area contributed by atoms with Crippen molar-refractivity contribution >= 4 is 45.1 Å². The molecule has 3 aromatic rings. The molecular weight excluding hydrogens is 304 g/mol. The highest BCUT2D eigenvalue weighted by molar-refractivity contribution is 7.98. The van der Waals surface area contributed by atoms with Crippen LogP contribution in [0.25, 0.3) is 21.5 Å². The highest BCUT2D eigenvalue weighted by atomic mass is 32.2. The molecule has 1 aliphatic rings. The Balaban J connectivity index is 2.05. The molecule has 0 nitrogen and oxygen atoms in total. The van der Waals surface area contributed by atoms with E-state index in [-0.39, 0.29) is 0 Å². The van der Waals surface area contributed by atoms with E-state index in [4.69, 9.17) is 0 Å². The summed E-state index contributed by atoms with van der Waals surface area (Å²) in [5.41, 5.74) is 3.07. The Labute approximate surface area is 140 Å². The number of hydrogen-bond acceptors (Lipinski definition) is 2. The summed E-state index contributed by atoms with van der Waals surface area (Å²) < 4.78 is 0. The summed E-state index contributed by atoms with van der Waals surface area (Å²) in [6.07, 6.45) is 2.70. The molecule has 0 unspecified atom stereocenters. The van der Waals surface area contributed by atoms with Crippen molar-refractivity contribution in [1.82, 2.24) is 0 Å². The van der Waals surface area contributed by atoms with Crippen LogP contribution in [-0.4, -0.2) is 11.5 Å². The summed E-state index contributed by atoms with van der Waals surface area (Å²) in [6, 6.07) is 18.0. The Kier molecular flexibility index (Phi) is 4.31. The number of thioether (sulfide) groups is 2. The summed E-state index contributed by atoms with van der Waals surface area (Å²) in [4.78, 5) is 0. The SMILES string of the molecule is c1ccc2c3c4ccccc4c(c2c1)CSCCCCSC3. The van der Waals surface area contributed by atoms with Gasteiger partial charge in [-0.25, -0.2) is 0 Å². The van der Waals surface area contributed by atoms with Crippen LogP contribution < -0.4 is 0 Å². The zero-order chi connectivity index (χ0) is 14.8. The van der Waals surface area contributed by atoms with Crippen LogP contribution in [0.3, 0.4) is 0 Å². The first-order chi connectivity index (χ1) is 10.9. The van der Waals surface area contributed by atoms with Crippen LogP contribution in [0, 0.1) is 0 Å². The molecule has 0 radical (unpaired) electrons. The zero-order valence-electron chi connectivity index (χ0n) is 12.7. The second kappa shape index (κ2) is 6.55. The van der Waals surface area contributed by atoms with Gasteiger partial charge < -0.3 is 0 Å². The van der Waals surface area contributed by atoms with Crippen LogP contribution in [-0.2, 0) is 11.5 Å². The van der Waals surface area contributed by atoms with Crippen LogP contribution >= 0.6 is 23.5 Å². The van der Waals surface area contributed by atoms with Crippen molar-refractivity contribution in [2.75, 3.05) is 11.5 Å². The van der Waals surface area contributed by atoms with Gasteiger partial charge in [-0.05, 0) is 57.0 Å². The first-order valence-electron chi connectivity index (χ1n) is 8.02. The monoisotopic (exact) mass is 324 g/mol. The van der Waals surface area contributed by atoms with E-state index < -0.39 is 0 Å². The standard InChI is InChI=1S/C20H20S2/c1-2-8-16-15(7-1)19-13-21-11-5-6-12-22-14-20(16)18-10-4-3-9-17(18)19/h1-4,7-10H,5-6,11-14H2. The summed E-state index contributed by atoms with van der Waals surface area (Å²) in [7, 11) is 0. The van der Waals surface area contributed by atoms with Gasteiger partial charge in [0, 0.05) is 11.5 Å². The maximum atomic E-state index is 2.32. The third kappa shape index (κ3) is 2.63. The maximum Gasteiger partial charge on any atom is 0.0196 e. The predicted molar refractivity (Wildman–Crippen MR) is 103 cm³/mol. The zero-order valence-corrected chi connectivity index (χ0v) is 14.3. The third-order valence-electron chi connectivity index (χ3n) is 4.47. The summed E-state index contributed by atoms with van der Waals surface area (Å²) >= 11 is 4.19. The van der Waals surface area contributed by atoms with Gasteiger partial charge in [0.2, 0.25) is 0 Å². The van der Waals surface area contributed by atoms with Gasteiger partial charge in [0.05, 0.1) is 0 Å². The molecule has 2 bridgehead atoms. The van der Waals surface area contributed by atoms with E-state index in [1.54, 1.807) is 0 Å². The van der Waals surface area contributed by atoms with E-state index >= 15 is 0 Å². The maximum absolute atomic E-state index is 2.32. The van der Waals surface area contributed by atoms with Gasteiger partial charge in [-0.2, -0.15) is 23.5 Å². The Morgan fingerprint density at radius 1 is 0.545 bits per heavy atom. The molecular formula is C20H20S2. The molecule has 0 spiro atoms. The summed E-state index contributed by atoms with van der Waals surface area (Å²) in [5.74, 6) is 4.83. The molecule has 0 aromatic heterocycles. The fourth-order valence-electron chi connectivity index (χ4n) is 3.38. The molecule has 0 N–H and O–H groups in total. The van der Waals surface area contributed by atoms with Gasteiger partial charge in [-0.15, -0.1) is 0 Å². The molecule has 4 rings (SSSR count). The van der Waals surface area contributed by atoms with Crippen LogP contribution in [0.5, 0.6) is 0 Å². The molecule has 22 heavy (non-hydrogen) atoms. The molecule has 1 aliphatic heterocycles. The molecule has 3 aromatic carbocycles. The fourth-order valence-corrected chi connectivity index (χ4v) is 5.51. The lowest BCUT2D eigenvalue weighted by molar-refractivity contribution is 0.906. The van der Waals surface area contributed by atoms with Gasteiger partial charge in [0.1, 0.15) is 0 Å². The molecule has 0 atom stereocenters. The Morgan fingerprint density at radius 2 is 0.909 bits per heavy atom. The van der Waals surface area contributed by atoms with Gasteiger partial charge in [-0.1, -0.05) is 48.5 Å². The van der Waals surface area contributed by atoms with E-state index in [0.717, 1.165) is 11.5 Å². The lowest BCUT2D eigenvalue weighted by Gasteiger charge is -2.17. The first-order valence-corrected chi connectivity index (χ1v) is 10.3. The van der Waals surface area contributed by atoms with Gasteiger partial charge >= 0.3 is 0 Å². The number of rotatable bonds is 0. The highest BCUT2D eigenvalue weighted by Crippen LogP contribution is 2.37. The molecule has 1 heterocycles. The summed E-state index contributed by atoms with van der Waals surface area (Å²) in [5, 5.41) is 5.85. The molecule has 2 heteroatoms. The van der Waals surface area contributed by atoms with Crippen molar-refractivity contribution < 1.29 is 0 Å². The lowest BCUT2D eigenvalue weighted by Crippen LogP contribution is -1.97. The quantitative estimate of drug-likeness (QED) is 0.448. The molecule has 112 valence electrons. The minimum Gasteiger partial charge on any atom is -0.157 e. The molecule has 0 amide bonds. The average Bonchev–Trinajstić information content (AvgIpc) is 2.56. The third-order valence-corrected chi connectivity index (χ3v) is 6.62. The first kappa shape index (κ1) is 14.5. The normalized spacial score (nSPS) is 16.5. The number of hydrogen-bond donors (Lipinski definition) is 0. The second-order valence-electron chi connectivity index (χ2n) is 5.86. The van der Waals surface area contributed by atoms with Crippen LogP contribution in [0.15, 0.2) is 48.5 Å². The van der Waals surface area contributed by atoms with Crippen molar-refractivity contribution in [1.29, 1.82) is 0 Å². The van der Waals surface area contributed by atoms with Gasteiger partial charge in [-0.3, -0.25) is 0 Å². The van der Waals surface area contributed by atoms with Gasteiger partial charge in [0.15, 0.2) is 0 Å². The minimum atomic E-state index is 1.13. The van der Waals surface area contributed by atoms with Crippen molar-refractivity contribution in [2.45, 2.75) is 24.3 Å². The summed E-state index contributed by atoms with van der Waals surface area (Å²) in [6.45, 7) is 0. The largest absolute Gasteiger partial charge is 0.157 e. The van der Waals surface area contributed by atoms with Crippen LogP contribution in [0.1, 0.15) is 24.0 Å². The van der Waals surface area contributed by atoms with Crippen molar-refractivity contribution in [3.63, 3.8) is 0 Å². The van der Waals surface area contributed by atoms with E-state index in [9.17, 15) is 0 Å². The van der Waals surface area contributed by atoms with Crippen molar-refractivity contribution in [3.05, 3.63) is 59.7 Å². The lowest BCUT2D eigenvalue weighted by atomic mass is 9.93. The highest BCUT2D eigenvalue weighted by Gasteiger charge is 2.14. The van der Waals surface area contributed by atoms with Crippen LogP contribution in [0.4, 0.5) is 0 Å². The predicted octanol–water partition coefficient (Wildman–Crippen LogP) is 6.25. The van der Waals surface area contributed by atoms with Gasteiger partial charge in [0.25, 0.3) is 0 Å². The van der Waals surface area contributed by atoms with Crippen molar-refractivity contribution in [2.24, 2.45) is 0 Å². The second-order valence-corrected chi connectivity index (χ2v) is 8.07. The molecule has 0 saturated carbocycles. The molecule has 0 saturated heterocycles. The fraction of sp³-hybridized carbons (Fsp3) is 0.300. The minimum absolute atomic E-state index is 1.13.